The Kier molecular flexibility index (Phi) is 4.55. The number of hydrogen-bond donors (Lipinski definition) is 1. The van der Waals surface area contributed by atoms with Gasteiger partial charge in [0.1, 0.15) is 11.9 Å². The zero-order valence-corrected chi connectivity index (χ0v) is 9.60. The Bertz CT molecular complexity index is 386. The quantitative estimate of drug-likeness (QED) is 0.801. The standard InChI is InChI=1S/C11H16N4O/c1-3-15(6-7-16-2)11-5-4-9(13)10(8-12)14-11/h4-5H,3,6-7,13H2,1-2H3. The van der Waals surface area contributed by atoms with E-state index in [9.17, 15) is 0 Å². The molecule has 1 heterocycles. The zero-order chi connectivity index (χ0) is 12.0. The van der Waals surface area contributed by atoms with Gasteiger partial charge in [0, 0.05) is 20.2 Å². The lowest BCUT2D eigenvalue weighted by Gasteiger charge is -2.21. The molecule has 0 aromatic carbocycles. The summed E-state index contributed by atoms with van der Waals surface area (Å²) in [5, 5.41) is 8.84. The molecule has 0 amide bonds. The largest absolute Gasteiger partial charge is 0.396 e. The number of likely N-dealkylation sites (N-methyl/N-ethyl adjacent to an activating group) is 1. The van der Waals surface area contributed by atoms with Gasteiger partial charge in [0.15, 0.2) is 5.69 Å². The number of nitrogens with two attached hydrogens (primary N) is 1. The number of anilines is 2. The maximum atomic E-state index is 8.84. The summed E-state index contributed by atoms with van der Waals surface area (Å²) >= 11 is 0. The van der Waals surface area contributed by atoms with Crippen molar-refractivity contribution >= 4 is 11.5 Å². The highest BCUT2D eigenvalue weighted by atomic mass is 16.5. The maximum Gasteiger partial charge on any atom is 0.165 e. The van der Waals surface area contributed by atoms with E-state index in [4.69, 9.17) is 15.7 Å². The number of nitrogens with zero attached hydrogens (tertiary/aromatic N) is 3. The minimum Gasteiger partial charge on any atom is -0.396 e. The smallest absolute Gasteiger partial charge is 0.165 e. The number of pyridine rings is 1. The van der Waals surface area contributed by atoms with Crippen LogP contribution in [0.5, 0.6) is 0 Å². The third-order valence-electron chi connectivity index (χ3n) is 2.29. The van der Waals surface area contributed by atoms with Crippen molar-refractivity contribution in [1.29, 1.82) is 5.26 Å². The van der Waals surface area contributed by atoms with Gasteiger partial charge in [0.2, 0.25) is 0 Å². The molecule has 0 fully saturated rings. The molecule has 0 atom stereocenters. The molecular weight excluding hydrogens is 204 g/mol. The molecule has 0 aliphatic carbocycles. The molecule has 1 aromatic heterocycles. The predicted octanol–water partition coefficient (Wildman–Crippen LogP) is 1.01. The highest BCUT2D eigenvalue weighted by molar-refractivity contribution is 5.55. The van der Waals surface area contributed by atoms with Crippen molar-refractivity contribution in [2.24, 2.45) is 0 Å². The van der Waals surface area contributed by atoms with Crippen LogP contribution in [0.2, 0.25) is 0 Å². The number of rotatable bonds is 5. The van der Waals surface area contributed by atoms with Crippen LogP contribution < -0.4 is 10.6 Å². The highest BCUT2D eigenvalue weighted by Gasteiger charge is 2.08. The fourth-order valence-corrected chi connectivity index (χ4v) is 1.36. The Morgan fingerprint density at radius 1 is 1.56 bits per heavy atom. The van der Waals surface area contributed by atoms with Crippen molar-refractivity contribution < 1.29 is 4.74 Å². The highest BCUT2D eigenvalue weighted by Crippen LogP contribution is 2.15. The molecule has 86 valence electrons. The van der Waals surface area contributed by atoms with E-state index in [1.54, 1.807) is 13.2 Å². The van der Waals surface area contributed by atoms with Gasteiger partial charge in [-0.05, 0) is 19.1 Å². The summed E-state index contributed by atoms with van der Waals surface area (Å²) in [4.78, 5) is 6.23. The number of nitriles is 1. The van der Waals surface area contributed by atoms with Crippen LogP contribution in [0.1, 0.15) is 12.6 Å². The van der Waals surface area contributed by atoms with E-state index in [1.807, 2.05) is 24.0 Å². The van der Waals surface area contributed by atoms with E-state index in [2.05, 4.69) is 4.98 Å². The molecule has 5 nitrogen and oxygen atoms in total. The van der Waals surface area contributed by atoms with Crippen LogP contribution >= 0.6 is 0 Å². The molecule has 0 saturated heterocycles. The van der Waals surface area contributed by atoms with Crippen LogP contribution in [-0.2, 0) is 4.74 Å². The Morgan fingerprint density at radius 2 is 2.31 bits per heavy atom. The third kappa shape index (κ3) is 2.84. The topological polar surface area (TPSA) is 75.2 Å². The average molecular weight is 220 g/mol. The SMILES string of the molecule is CCN(CCOC)c1ccc(N)c(C#N)n1. The van der Waals surface area contributed by atoms with Gasteiger partial charge in [0.05, 0.1) is 12.3 Å². The summed E-state index contributed by atoms with van der Waals surface area (Å²) in [7, 11) is 1.66. The van der Waals surface area contributed by atoms with Crippen molar-refractivity contribution in [3.63, 3.8) is 0 Å². The molecule has 5 heteroatoms. The summed E-state index contributed by atoms with van der Waals surface area (Å²) in [6.07, 6.45) is 0. The monoisotopic (exact) mass is 220 g/mol. The van der Waals surface area contributed by atoms with Crippen molar-refractivity contribution in [3.05, 3.63) is 17.8 Å². The molecule has 2 N–H and O–H groups in total. The van der Waals surface area contributed by atoms with E-state index in [-0.39, 0.29) is 5.69 Å². The second-order valence-corrected chi connectivity index (χ2v) is 3.29. The van der Waals surface area contributed by atoms with Crippen molar-refractivity contribution in [2.45, 2.75) is 6.92 Å². The number of aromatic nitrogens is 1. The molecular formula is C11H16N4O. The number of ether oxygens (including phenoxy) is 1. The molecule has 0 unspecified atom stereocenters. The Balaban J connectivity index is 2.89. The first-order valence-electron chi connectivity index (χ1n) is 5.13. The fraction of sp³-hybridized carbons (Fsp3) is 0.455. The van der Waals surface area contributed by atoms with Crippen LogP contribution in [0, 0.1) is 11.3 Å². The summed E-state index contributed by atoms with van der Waals surface area (Å²) in [6.45, 7) is 4.21. The average Bonchev–Trinajstić information content (AvgIpc) is 2.32. The first-order valence-corrected chi connectivity index (χ1v) is 5.13. The number of methoxy groups -OCH3 is 1. The minimum atomic E-state index is 0.272. The first-order chi connectivity index (χ1) is 7.72. The van der Waals surface area contributed by atoms with E-state index < -0.39 is 0 Å². The van der Waals surface area contributed by atoms with Gasteiger partial charge >= 0.3 is 0 Å². The van der Waals surface area contributed by atoms with Crippen molar-refractivity contribution in [3.8, 4) is 6.07 Å². The van der Waals surface area contributed by atoms with E-state index in [0.717, 1.165) is 18.9 Å². The van der Waals surface area contributed by atoms with Gasteiger partial charge in [-0.3, -0.25) is 0 Å². The second-order valence-electron chi connectivity index (χ2n) is 3.29. The van der Waals surface area contributed by atoms with Crippen LogP contribution in [0.25, 0.3) is 0 Å². The van der Waals surface area contributed by atoms with Crippen LogP contribution in [0.15, 0.2) is 12.1 Å². The fourth-order valence-electron chi connectivity index (χ4n) is 1.36. The molecule has 16 heavy (non-hydrogen) atoms. The van der Waals surface area contributed by atoms with Gasteiger partial charge in [-0.1, -0.05) is 0 Å². The van der Waals surface area contributed by atoms with Gasteiger partial charge in [-0.25, -0.2) is 4.98 Å². The predicted molar refractivity (Wildman–Crippen MR) is 63.1 cm³/mol. The molecule has 0 spiro atoms. The first kappa shape index (κ1) is 12.3. The van der Waals surface area contributed by atoms with Gasteiger partial charge in [-0.2, -0.15) is 5.26 Å². The van der Waals surface area contributed by atoms with Crippen LogP contribution in [0.4, 0.5) is 11.5 Å². The van der Waals surface area contributed by atoms with E-state index in [1.165, 1.54) is 0 Å². The van der Waals surface area contributed by atoms with E-state index in [0.29, 0.717) is 12.3 Å². The third-order valence-corrected chi connectivity index (χ3v) is 2.29. The summed E-state index contributed by atoms with van der Waals surface area (Å²) in [5.41, 5.74) is 6.30. The molecule has 0 radical (unpaired) electrons. The van der Waals surface area contributed by atoms with Crippen LogP contribution in [0.3, 0.4) is 0 Å². The summed E-state index contributed by atoms with van der Waals surface area (Å²) < 4.78 is 5.02. The molecule has 1 rings (SSSR count). The minimum absolute atomic E-state index is 0.272. The Labute approximate surface area is 95.4 Å². The van der Waals surface area contributed by atoms with Gasteiger partial charge in [0.25, 0.3) is 0 Å². The van der Waals surface area contributed by atoms with Crippen molar-refractivity contribution in [2.75, 3.05) is 37.4 Å². The number of hydrogen-bond acceptors (Lipinski definition) is 5. The molecule has 0 aliphatic rings. The molecule has 0 bridgehead atoms. The van der Waals surface area contributed by atoms with E-state index >= 15 is 0 Å². The number of nitrogen functional groups attached to an aromatic ring is 1. The normalized spacial score (nSPS) is 9.81. The molecule has 1 aromatic rings. The molecule has 0 saturated carbocycles. The molecule has 0 aliphatic heterocycles. The van der Waals surface area contributed by atoms with Gasteiger partial charge < -0.3 is 15.4 Å². The zero-order valence-electron chi connectivity index (χ0n) is 9.60. The van der Waals surface area contributed by atoms with Crippen LogP contribution in [-0.4, -0.2) is 31.8 Å². The lowest BCUT2D eigenvalue weighted by atomic mass is 10.3. The Morgan fingerprint density at radius 3 is 2.88 bits per heavy atom. The lowest BCUT2D eigenvalue weighted by molar-refractivity contribution is 0.205. The maximum absolute atomic E-state index is 8.84. The van der Waals surface area contributed by atoms with Crippen molar-refractivity contribution in [1.82, 2.24) is 4.98 Å². The summed E-state index contributed by atoms with van der Waals surface area (Å²) in [6, 6.07) is 5.50. The lowest BCUT2D eigenvalue weighted by Crippen LogP contribution is -2.27. The summed E-state index contributed by atoms with van der Waals surface area (Å²) in [5.74, 6) is 0.755. The Hall–Kier alpha value is -1.80. The second kappa shape index (κ2) is 5.93. The van der Waals surface area contributed by atoms with Gasteiger partial charge in [-0.15, -0.1) is 0 Å².